The minimum Gasteiger partial charge on any atom is -0.491 e. The van der Waals surface area contributed by atoms with Gasteiger partial charge in [-0.2, -0.15) is 0 Å². The smallest absolute Gasteiger partial charge is 0.170 e. The Balaban J connectivity index is 1.51. The van der Waals surface area contributed by atoms with Crippen molar-refractivity contribution >= 4 is 5.84 Å². The molecular formula is C16H22N2O3. The van der Waals surface area contributed by atoms with Crippen LogP contribution in [-0.4, -0.2) is 29.4 Å². The average Bonchev–Trinajstić information content (AvgIpc) is 3.15. The lowest BCUT2D eigenvalue weighted by Crippen LogP contribution is -2.27. The van der Waals surface area contributed by atoms with Crippen LogP contribution in [-0.2, 0) is 4.74 Å². The number of rotatable bonds is 4. The van der Waals surface area contributed by atoms with Crippen LogP contribution in [0.2, 0.25) is 0 Å². The van der Waals surface area contributed by atoms with E-state index in [-0.39, 0.29) is 17.5 Å². The molecule has 1 aliphatic carbocycles. The molecule has 2 fully saturated rings. The van der Waals surface area contributed by atoms with E-state index in [0.717, 1.165) is 12.2 Å². The summed E-state index contributed by atoms with van der Waals surface area (Å²) in [6.45, 7) is 0.588. The maximum atomic E-state index is 8.62. The molecule has 0 bridgehead atoms. The normalized spacial score (nSPS) is 24.6. The predicted octanol–water partition coefficient (Wildman–Crippen LogP) is 2.65. The summed E-state index contributed by atoms with van der Waals surface area (Å²) >= 11 is 0. The third kappa shape index (κ3) is 3.13. The largest absolute Gasteiger partial charge is 0.491 e. The summed E-state index contributed by atoms with van der Waals surface area (Å²) in [4.78, 5) is 0. The Morgan fingerprint density at radius 3 is 2.67 bits per heavy atom. The fourth-order valence-electron chi connectivity index (χ4n) is 3.37. The van der Waals surface area contributed by atoms with Crippen molar-refractivity contribution in [2.24, 2.45) is 10.9 Å². The molecular weight excluding hydrogens is 268 g/mol. The molecule has 3 rings (SSSR count). The summed E-state index contributed by atoms with van der Waals surface area (Å²) in [6, 6.07) is 7.21. The molecule has 1 aliphatic heterocycles. The Labute approximate surface area is 124 Å². The Morgan fingerprint density at radius 2 is 2.00 bits per heavy atom. The lowest BCUT2D eigenvalue weighted by atomic mass is 9.98. The van der Waals surface area contributed by atoms with Gasteiger partial charge in [0.25, 0.3) is 0 Å². The van der Waals surface area contributed by atoms with Crippen LogP contribution in [0.1, 0.15) is 44.1 Å². The zero-order chi connectivity index (χ0) is 14.7. The van der Waals surface area contributed by atoms with E-state index in [1.54, 1.807) is 12.1 Å². The predicted molar refractivity (Wildman–Crippen MR) is 79.8 cm³/mol. The molecule has 5 heteroatoms. The molecule has 2 aliphatic rings. The summed E-state index contributed by atoms with van der Waals surface area (Å²) in [7, 11) is 0. The van der Waals surface area contributed by atoms with Crippen molar-refractivity contribution in [3.8, 4) is 5.75 Å². The van der Waals surface area contributed by atoms with Gasteiger partial charge in [0.2, 0.25) is 0 Å². The number of nitrogens with two attached hydrogens (primary N) is 1. The molecule has 0 amide bonds. The first-order chi connectivity index (χ1) is 10.2. The molecule has 1 heterocycles. The van der Waals surface area contributed by atoms with E-state index in [1.807, 2.05) is 12.1 Å². The second kappa shape index (κ2) is 5.93. The van der Waals surface area contributed by atoms with Crippen LogP contribution >= 0.6 is 0 Å². The van der Waals surface area contributed by atoms with E-state index in [0.29, 0.717) is 12.2 Å². The highest BCUT2D eigenvalue weighted by Crippen LogP contribution is 2.43. The number of oxime groups is 1. The van der Waals surface area contributed by atoms with Gasteiger partial charge in [-0.05, 0) is 49.9 Å². The van der Waals surface area contributed by atoms with Gasteiger partial charge in [-0.15, -0.1) is 0 Å². The van der Waals surface area contributed by atoms with Crippen LogP contribution in [0.4, 0.5) is 0 Å². The first kappa shape index (κ1) is 14.2. The van der Waals surface area contributed by atoms with Crippen LogP contribution in [0.5, 0.6) is 5.75 Å². The van der Waals surface area contributed by atoms with Gasteiger partial charge < -0.3 is 20.4 Å². The summed E-state index contributed by atoms with van der Waals surface area (Å²) in [5.74, 6) is 0.879. The molecule has 1 saturated carbocycles. The SMILES string of the molecule is N/C(=N/O)c1ccc(OCC2CCC3(CCCC3)O2)cc1. The Kier molecular flexibility index (Phi) is 4.01. The molecule has 1 saturated heterocycles. The molecule has 5 nitrogen and oxygen atoms in total. The van der Waals surface area contributed by atoms with E-state index in [2.05, 4.69) is 5.16 Å². The highest BCUT2D eigenvalue weighted by Gasteiger charge is 2.42. The lowest BCUT2D eigenvalue weighted by Gasteiger charge is -2.23. The summed E-state index contributed by atoms with van der Waals surface area (Å²) < 4.78 is 12.0. The second-order valence-electron chi connectivity index (χ2n) is 5.99. The molecule has 3 N–H and O–H groups in total. The molecule has 1 spiro atoms. The third-order valence-corrected chi connectivity index (χ3v) is 4.55. The number of ether oxygens (including phenoxy) is 2. The standard InChI is InChI=1S/C16H22N2O3/c17-15(18-19)12-3-5-13(6-4-12)20-11-14-7-10-16(21-14)8-1-2-9-16/h3-6,14,19H,1-2,7-11H2,(H2,17,18). The molecule has 1 aromatic carbocycles. The Hall–Kier alpha value is -1.75. The van der Waals surface area contributed by atoms with Gasteiger partial charge in [0.15, 0.2) is 5.84 Å². The van der Waals surface area contributed by atoms with Crippen molar-refractivity contribution < 1.29 is 14.7 Å². The van der Waals surface area contributed by atoms with Gasteiger partial charge in [0, 0.05) is 5.56 Å². The van der Waals surface area contributed by atoms with Crippen LogP contribution < -0.4 is 10.5 Å². The molecule has 0 aromatic heterocycles. The molecule has 114 valence electrons. The number of hydrogen-bond acceptors (Lipinski definition) is 4. The third-order valence-electron chi connectivity index (χ3n) is 4.55. The molecule has 1 aromatic rings. The van der Waals surface area contributed by atoms with Crippen LogP contribution in [0.25, 0.3) is 0 Å². The van der Waals surface area contributed by atoms with Crippen molar-refractivity contribution in [3.63, 3.8) is 0 Å². The zero-order valence-electron chi connectivity index (χ0n) is 12.1. The summed E-state index contributed by atoms with van der Waals surface area (Å²) in [6.07, 6.45) is 7.46. The van der Waals surface area contributed by atoms with Gasteiger partial charge in [0.1, 0.15) is 12.4 Å². The molecule has 1 unspecified atom stereocenters. The van der Waals surface area contributed by atoms with Gasteiger partial charge in [-0.1, -0.05) is 18.0 Å². The minimum absolute atomic E-state index is 0.101. The molecule has 21 heavy (non-hydrogen) atoms. The number of benzene rings is 1. The monoisotopic (exact) mass is 290 g/mol. The highest BCUT2D eigenvalue weighted by molar-refractivity contribution is 5.97. The van der Waals surface area contributed by atoms with Gasteiger partial charge in [-0.3, -0.25) is 0 Å². The fourth-order valence-corrected chi connectivity index (χ4v) is 3.37. The molecule has 0 radical (unpaired) electrons. The number of nitrogens with zero attached hydrogens (tertiary/aromatic N) is 1. The Morgan fingerprint density at radius 1 is 1.29 bits per heavy atom. The number of hydrogen-bond donors (Lipinski definition) is 2. The van der Waals surface area contributed by atoms with Crippen molar-refractivity contribution in [1.29, 1.82) is 0 Å². The average molecular weight is 290 g/mol. The van der Waals surface area contributed by atoms with Crippen LogP contribution in [0, 0.1) is 0 Å². The van der Waals surface area contributed by atoms with Crippen molar-refractivity contribution in [2.45, 2.75) is 50.2 Å². The minimum atomic E-state index is 0.101. The van der Waals surface area contributed by atoms with Crippen molar-refractivity contribution in [1.82, 2.24) is 0 Å². The zero-order valence-corrected chi connectivity index (χ0v) is 12.1. The van der Waals surface area contributed by atoms with E-state index >= 15 is 0 Å². The first-order valence-electron chi connectivity index (χ1n) is 7.59. The van der Waals surface area contributed by atoms with Crippen LogP contribution in [0.15, 0.2) is 29.4 Å². The first-order valence-corrected chi connectivity index (χ1v) is 7.59. The second-order valence-corrected chi connectivity index (χ2v) is 5.99. The maximum absolute atomic E-state index is 8.62. The van der Waals surface area contributed by atoms with E-state index in [9.17, 15) is 0 Å². The van der Waals surface area contributed by atoms with E-state index in [1.165, 1.54) is 32.1 Å². The lowest BCUT2D eigenvalue weighted by molar-refractivity contribution is -0.0508. The molecule has 1 atom stereocenters. The van der Waals surface area contributed by atoms with E-state index < -0.39 is 0 Å². The van der Waals surface area contributed by atoms with Gasteiger partial charge in [0.05, 0.1) is 11.7 Å². The summed E-state index contributed by atoms with van der Waals surface area (Å²) in [5, 5.41) is 11.6. The number of amidine groups is 1. The van der Waals surface area contributed by atoms with E-state index in [4.69, 9.17) is 20.4 Å². The van der Waals surface area contributed by atoms with Gasteiger partial charge in [-0.25, -0.2) is 0 Å². The Bertz CT molecular complexity index is 507. The highest BCUT2D eigenvalue weighted by atomic mass is 16.6. The maximum Gasteiger partial charge on any atom is 0.170 e. The fraction of sp³-hybridized carbons (Fsp3) is 0.562. The van der Waals surface area contributed by atoms with Crippen molar-refractivity contribution in [3.05, 3.63) is 29.8 Å². The van der Waals surface area contributed by atoms with Gasteiger partial charge >= 0.3 is 0 Å². The quantitative estimate of drug-likeness (QED) is 0.387. The van der Waals surface area contributed by atoms with Crippen LogP contribution in [0.3, 0.4) is 0 Å². The summed E-state index contributed by atoms with van der Waals surface area (Å²) in [5.41, 5.74) is 6.35. The van der Waals surface area contributed by atoms with Crippen molar-refractivity contribution in [2.75, 3.05) is 6.61 Å². The topological polar surface area (TPSA) is 77.1 Å².